The Morgan fingerprint density at radius 2 is 0.895 bits per heavy atom. The fraction of sp³-hybridized carbons (Fsp3) is 0.529. The summed E-state index contributed by atoms with van der Waals surface area (Å²) in [4.78, 5) is 0. The van der Waals surface area contributed by atoms with Gasteiger partial charge in [0.15, 0.2) is 0 Å². The van der Waals surface area contributed by atoms with Crippen molar-refractivity contribution < 1.29 is 10.2 Å². The minimum Gasteiger partial charge on any atom is -0.389 e. The van der Waals surface area contributed by atoms with Gasteiger partial charge in [-0.1, -0.05) is 24.3 Å². The van der Waals surface area contributed by atoms with E-state index in [1.165, 1.54) is 0 Å². The Labute approximate surface area is 117 Å². The third kappa shape index (κ3) is 7.14. The minimum atomic E-state index is -0.785. The van der Waals surface area contributed by atoms with Gasteiger partial charge in [-0.15, -0.1) is 26.3 Å². The first-order valence-corrected chi connectivity index (χ1v) is 6.83. The molecule has 0 aliphatic rings. The quantitative estimate of drug-likeness (QED) is 0.524. The summed E-state index contributed by atoms with van der Waals surface area (Å²) >= 11 is 0. The van der Waals surface area contributed by atoms with Crippen LogP contribution in [0.3, 0.4) is 0 Å². The van der Waals surface area contributed by atoms with E-state index in [2.05, 4.69) is 26.3 Å². The lowest BCUT2D eigenvalue weighted by Crippen LogP contribution is -2.31. The number of hydrogen-bond acceptors (Lipinski definition) is 2. The summed E-state index contributed by atoms with van der Waals surface area (Å²) in [5, 5.41) is 20.8. The summed E-state index contributed by atoms with van der Waals surface area (Å²) in [6.45, 7) is 14.7. The van der Waals surface area contributed by atoms with Crippen LogP contribution in [0.5, 0.6) is 0 Å². The Bertz CT molecular complexity index is 254. The van der Waals surface area contributed by atoms with E-state index in [9.17, 15) is 10.2 Å². The van der Waals surface area contributed by atoms with E-state index in [-0.39, 0.29) is 0 Å². The van der Waals surface area contributed by atoms with E-state index in [4.69, 9.17) is 0 Å². The number of rotatable bonds is 12. The standard InChI is InChI=1S/C17H28O2/c1-5-10-16(18,11-6-2)14-9-15-17(19,12-7-3)13-8-4/h5-8,18-19H,1-4,9-15H2. The van der Waals surface area contributed by atoms with Gasteiger partial charge in [0.05, 0.1) is 11.2 Å². The van der Waals surface area contributed by atoms with Crippen molar-refractivity contribution in [3.8, 4) is 0 Å². The summed E-state index contributed by atoms with van der Waals surface area (Å²) < 4.78 is 0. The molecule has 0 heterocycles. The van der Waals surface area contributed by atoms with Crippen LogP contribution in [0, 0.1) is 0 Å². The Morgan fingerprint density at radius 1 is 0.632 bits per heavy atom. The lowest BCUT2D eigenvalue weighted by atomic mass is 9.84. The van der Waals surface area contributed by atoms with Crippen LogP contribution in [0.15, 0.2) is 50.6 Å². The molecule has 0 aliphatic carbocycles. The molecular weight excluding hydrogens is 236 g/mol. The van der Waals surface area contributed by atoms with Gasteiger partial charge >= 0.3 is 0 Å². The van der Waals surface area contributed by atoms with Crippen molar-refractivity contribution in [2.75, 3.05) is 0 Å². The van der Waals surface area contributed by atoms with Crippen LogP contribution in [-0.4, -0.2) is 21.4 Å². The summed E-state index contributed by atoms with van der Waals surface area (Å²) in [5.74, 6) is 0. The molecule has 0 unspecified atom stereocenters. The molecule has 0 aromatic heterocycles. The van der Waals surface area contributed by atoms with Gasteiger partial charge in [-0.25, -0.2) is 0 Å². The second-order valence-electron chi connectivity index (χ2n) is 5.27. The van der Waals surface area contributed by atoms with E-state index in [1.54, 1.807) is 24.3 Å². The van der Waals surface area contributed by atoms with E-state index in [1.807, 2.05) is 0 Å². The molecule has 0 radical (unpaired) electrons. The van der Waals surface area contributed by atoms with E-state index in [0.717, 1.165) is 6.42 Å². The molecule has 0 saturated carbocycles. The molecule has 2 N–H and O–H groups in total. The molecule has 0 amide bonds. The van der Waals surface area contributed by atoms with Gasteiger partial charge in [0.25, 0.3) is 0 Å². The van der Waals surface area contributed by atoms with Gasteiger partial charge in [0.1, 0.15) is 0 Å². The Hall–Kier alpha value is -1.12. The largest absolute Gasteiger partial charge is 0.389 e. The SMILES string of the molecule is C=CCC(O)(CC=C)CCCC(O)(CC=C)CC=C. The van der Waals surface area contributed by atoms with Crippen molar-refractivity contribution in [1.29, 1.82) is 0 Å². The molecule has 0 aromatic rings. The van der Waals surface area contributed by atoms with Crippen molar-refractivity contribution in [3.05, 3.63) is 50.6 Å². The van der Waals surface area contributed by atoms with Crippen molar-refractivity contribution in [3.63, 3.8) is 0 Å². The lowest BCUT2D eigenvalue weighted by Gasteiger charge is -2.29. The third-order valence-electron chi connectivity index (χ3n) is 3.38. The molecule has 19 heavy (non-hydrogen) atoms. The molecule has 108 valence electrons. The van der Waals surface area contributed by atoms with Crippen LogP contribution in [0.2, 0.25) is 0 Å². The van der Waals surface area contributed by atoms with Crippen LogP contribution < -0.4 is 0 Å². The first kappa shape index (κ1) is 17.9. The third-order valence-corrected chi connectivity index (χ3v) is 3.38. The van der Waals surface area contributed by atoms with Crippen LogP contribution in [0.4, 0.5) is 0 Å². The normalized spacial score (nSPS) is 11.9. The highest BCUT2D eigenvalue weighted by molar-refractivity contribution is 4.95. The monoisotopic (exact) mass is 264 g/mol. The predicted molar refractivity (Wildman–Crippen MR) is 83.0 cm³/mol. The molecular formula is C17H28O2. The summed E-state index contributed by atoms with van der Waals surface area (Å²) in [5.41, 5.74) is -1.57. The molecule has 2 heteroatoms. The van der Waals surface area contributed by atoms with Crippen LogP contribution >= 0.6 is 0 Å². The number of hydrogen-bond donors (Lipinski definition) is 2. The fourth-order valence-corrected chi connectivity index (χ4v) is 2.40. The Balaban J connectivity index is 4.42. The van der Waals surface area contributed by atoms with E-state index >= 15 is 0 Å². The van der Waals surface area contributed by atoms with Gasteiger partial charge in [-0.3, -0.25) is 0 Å². The second-order valence-corrected chi connectivity index (χ2v) is 5.27. The van der Waals surface area contributed by atoms with Crippen LogP contribution in [0.1, 0.15) is 44.9 Å². The topological polar surface area (TPSA) is 40.5 Å². The van der Waals surface area contributed by atoms with Crippen molar-refractivity contribution in [2.24, 2.45) is 0 Å². The molecule has 0 bridgehead atoms. The highest BCUT2D eigenvalue weighted by Gasteiger charge is 2.27. The highest BCUT2D eigenvalue weighted by atomic mass is 16.3. The maximum absolute atomic E-state index is 10.4. The minimum absolute atomic E-state index is 0.542. The van der Waals surface area contributed by atoms with E-state index < -0.39 is 11.2 Å². The van der Waals surface area contributed by atoms with Crippen LogP contribution in [0.25, 0.3) is 0 Å². The smallest absolute Gasteiger partial charge is 0.0716 e. The zero-order chi connectivity index (χ0) is 14.8. The average molecular weight is 264 g/mol. The molecule has 0 spiro atoms. The lowest BCUT2D eigenvalue weighted by molar-refractivity contribution is 0.00878. The predicted octanol–water partition coefficient (Wildman–Crippen LogP) is 3.92. The molecule has 2 nitrogen and oxygen atoms in total. The number of aliphatic hydroxyl groups is 2. The molecule has 0 aromatic carbocycles. The second kappa shape index (κ2) is 8.89. The Morgan fingerprint density at radius 3 is 1.11 bits per heavy atom. The average Bonchev–Trinajstić information content (AvgIpc) is 2.29. The van der Waals surface area contributed by atoms with Gasteiger partial charge in [0, 0.05) is 0 Å². The summed E-state index contributed by atoms with van der Waals surface area (Å²) in [7, 11) is 0. The van der Waals surface area contributed by atoms with Gasteiger partial charge in [-0.2, -0.15) is 0 Å². The van der Waals surface area contributed by atoms with Crippen molar-refractivity contribution in [2.45, 2.75) is 56.1 Å². The highest BCUT2D eigenvalue weighted by Crippen LogP contribution is 2.29. The molecule has 0 fully saturated rings. The zero-order valence-corrected chi connectivity index (χ0v) is 12.0. The summed E-state index contributed by atoms with van der Waals surface area (Å²) in [6, 6.07) is 0. The van der Waals surface area contributed by atoms with Crippen molar-refractivity contribution >= 4 is 0 Å². The van der Waals surface area contributed by atoms with Crippen LogP contribution in [-0.2, 0) is 0 Å². The maximum Gasteiger partial charge on any atom is 0.0716 e. The Kier molecular flexibility index (Phi) is 8.37. The van der Waals surface area contributed by atoms with Crippen molar-refractivity contribution in [1.82, 2.24) is 0 Å². The molecule has 0 aliphatic heterocycles. The fourth-order valence-electron chi connectivity index (χ4n) is 2.40. The maximum atomic E-state index is 10.4. The van der Waals surface area contributed by atoms with E-state index in [0.29, 0.717) is 38.5 Å². The molecule has 0 rings (SSSR count). The first-order valence-electron chi connectivity index (χ1n) is 6.83. The van der Waals surface area contributed by atoms with Gasteiger partial charge in [-0.05, 0) is 44.9 Å². The van der Waals surface area contributed by atoms with Gasteiger partial charge in [0.2, 0.25) is 0 Å². The molecule has 0 atom stereocenters. The molecule has 0 saturated heterocycles. The summed E-state index contributed by atoms with van der Waals surface area (Å²) in [6.07, 6.45) is 11.1. The van der Waals surface area contributed by atoms with Gasteiger partial charge < -0.3 is 10.2 Å². The first-order chi connectivity index (χ1) is 8.95. The zero-order valence-electron chi connectivity index (χ0n) is 12.0.